The van der Waals surface area contributed by atoms with Gasteiger partial charge in [0.2, 0.25) is 14.2 Å². The highest BCUT2D eigenvalue weighted by Gasteiger charge is 2.39. The number of hydrogen-bond donors (Lipinski definition) is 0. The zero-order chi connectivity index (χ0) is 49.3. The summed E-state index contributed by atoms with van der Waals surface area (Å²) in [5.74, 6) is 0.709. The van der Waals surface area contributed by atoms with Crippen molar-refractivity contribution in [2.24, 2.45) is 14.1 Å². The van der Waals surface area contributed by atoms with E-state index in [2.05, 4.69) is 44.8 Å². The number of morpholine rings is 1. The number of benzene rings is 3. The molecule has 2 aliphatic heterocycles. The number of nitrogens with zero attached hydrogens (tertiary/aromatic N) is 6. The molecule has 13 nitrogen and oxygen atoms in total. The van der Waals surface area contributed by atoms with E-state index >= 15 is 4.79 Å². The van der Waals surface area contributed by atoms with Gasteiger partial charge >= 0.3 is 5.97 Å². The van der Waals surface area contributed by atoms with Crippen LogP contribution in [0.5, 0.6) is 11.5 Å². The third kappa shape index (κ3) is 10.9. The molecule has 5 aromatic rings. The van der Waals surface area contributed by atoms with Gasteiger partial charge in [0.05, 0.1) is 36.4 Å². The number of carbonyl (C=O) groups is 3. The fourth-order valence-electron chi connectivity index (χ4n) is 8.43. The van der Waals surface area contributed by atoms with Gasteiger partial charge in [0.25, 0.3) is 5.91 Å². The van der Waals surface area contributed by atoms with E-state index in [4.69, 9.17) is 18.6 Å². The smallest absolute Gasteiger partial charge is 0.339 e. The molecule has 2 aromatic heterocycles. The van der Waals surface area contributed by atoms with Gasteiger partial charge in [0.1, 0.15) is 35.5 Å². The third-order valence-electron chi connectivity index (χ3n) is 13.8. The Balaban J connectivity index is 1.17. The Morgan fingerprint density at radius 2 is 1.47 bits per heavy atom. The number of carbonyl (C=O) groups excluding carboxylic acids is 3. The summed E-state index contributed by atoms with van der Waals surface area (Å²) in [4.78, 5) is 49.1. The molecule has 68 heavy (non-hydrogen) atoms. The standard InChI is InChI=1S/C54H68N6O7Si/c1-36-45(51(62)60(48-32-42(34-55)56(9)37(48)2)41-15-19-44(20-16-41)67-68(11,12)54(6,7)8)33-49(57(36)10)46-30-39-21-22-59(35-40(39)31-47(46)52(63)66-53(3,4)5)50(61)29-38-13-17-43(18-14-38)65-28-25-58-23-26-64-27-24-58/h13-20,30-33H,21-29,35H2,1-12H3. The molecule has 4 heterocycles. The predicted octanol–water partition coefficient (Wildman–Crippen LogP) is 9.68. The van der Waals surface area contributed by atoms with Crippen LogP contribution in [-0.4, -0.2) is 96.6 Å². The molecule has 14 heteroatoms. The molecule has 2 aliphatic rings. The molecule has 2 amide bonds. The molecule has 0 atom stereocenters. The van der Waals surface area contributed by atoms with Crippen molar-refractivity contribution in [3.63, 3.8) is 0 Å². The lowest BCUT2D eigenvalue weighted by atomic mass is 9.91. The number of rotatable bonds is 13. The van der Waals surface area contributed by atoms with E-state index in [0.717, 1.165) is 66.7 Å². The second-order valence-corrected chi connectivity index (χ2v) is 25.3. The fraction of sp³-hybridized carbons (Fsp3) is 0.444. The Labute approximate surface area is 403 Å². The van der Waals surface area contributed by atoms with Crippen molar-refractivity contribution < 1.29 is 33.0 Å². The van der Waals surface area contributed by atoms with Crippen molar-refractivity contribution in [2.45, 2.75) is 98.5 Å². The van der Waals surface area contributed by atoms with Gasteiger partial charge < -0.3 is 32.7 Å². The highest BCUT2D eigenvalue weighted by atomic mass is 28.4. The molecule has 3 aromatic carbocycles. The van der Waals surface area contributed by atoms with E-state index in [1.807, 2.05) is 125 Å². The maximum absolute atomic E-state index is 15.2. The van der Waals surface area contributed by atoms with Crippen LogP contribution in [-0.2, 0) is 47.8 Å². The van der Waals surface area contributed by atoms with Crippen LogP contribution in [0.2, 0.25) is 18.1 Å². The van der Waals surface area contributed by atoms with E-state index < -0.39 is 19.9 Å². The highest BCUT2D eigenvalue weighted by molar-refractivity contribution is 6.74. The number of fused-ring (bicyclic) bond motifs is 1. The lowest BCUT2D eigenvalue weighted by Gasteiger charge is -2.36. The van der Waals surface area contributed by atoms with Crippen molar-refractivity contribution in [1.29, 1.82) is 5.26 Å². The molecule has 0 unspecified atom stereocenters. The Morgan fingerprint density at radius 3 is 2.09 bits per heavy atom. The second-order valence-electron chi connectivity index (χ2n) is 20.6. The Hall–Kier alpha value is -6.14. The lowest BCUT2D eigenvalue weighted by Crippen LogP contribution is -2.43. The summed E-state index contributed by atoms with van der Waals surface area (Å²) in [6.07, 6.45) is 0.831. The molecule has 0 N–H and O–H groups in total. The van der Waals surface area contributed by atoms with Gasteiger partial charge in [0, 0.05) is 75.2 Å². The minimum atomic E-state index is -2.14. The first-order valence-electron chi connectivity index (χ1n) is 23.6. The number of anilines is 2. The van der Waals surface area contributed by atoms with Crippen LogP contribution in [0.3, 0.4) is 0 Å². The molecule has 0 spiro atoms. The molecule has 1 saturated heterocycles. The number of nitriles is 1. The number of hydrogen-bond acceptors (Lipinski definition) is 9. The summed E-state index contributed by atoms with van der Waals surface area (Å²) in [6, 6.07) is 25.0. The van der Waals surface area contributed by atoms with Gasteiger partial charge in [0.15, 0.2) is 0 Å². The van der Waals surface area contributed by atoms with Gasteiger partial charge in [-0.15, -0.1) is 0 Å². The van der Waals surface area contributed by atoms with Crippen molar-refractivity contribution in [3.05, 3.63) is 118 Å². The van der Waals surface area contributed by atoms with Gasteiger partial charge in [-0.05, 0) is 137 Å². The van der Waals surface area contributed by atoms with E-state index in [9.17, 15) is 14.9 Å². The van der Waals surface area contributed by atoms with E-state index in [1.165, 1.54) is 0 Å². The maximum Gasteiger partial charge on any atom is 0.339 e. The van der Waals surface area contributed by atoms with E-state index in [0.29, 0.717) is 71.3 Å². The first-order chi connectivity index (χ1) is 32.0. The zero-order valence-corrected chi connectivity index (χ0v) is 43.0. The summed E-state index contributed by atoms with van der Waals surface area (Å²) >= 11 is 0. The highest BCUT2D eigenvalue weighted by Crippen LogP contribution is 2.40. The molecule has 7 rings (SSSR count). The Bertz CT molecular complexity index is 2710. The molecular weight excluding hydrogens is 873 g/mol. The molecule has 360 valence electrons. The summed E-state index contributed by atoms with van der Waals surface area (Å²) in [5, 5.41) is 10.0. The predicted molar refractivity (Wildman–Crippen MR) is 268 cm³/mol. The van der Waals surface area contributed by atoms with Gasteiger partial charge in [-0.2, -0.15) is 5.26 Å². The van der Waals surface area contributed by atoms with E-state index in [1.54, 1.807) is 15.5 Å². The zero-order valence-electron chi connectivity index (χ0n) is 42.0. The minimum absolute atomic E-state index is 0.000128. The van der Waals surface area contributed by atoms with Crippen LogP contribution in [0.4, 0.5) is 11.4 Å². The monoisotopic (exact) mass is 940 g/mol. The summed E-state index contributed by atoms with van der Waals surface area (Å²) in [6.45, 7) is 25.9. The van der Waals surface area contributed by atoms with E-state index in [-0.39, 0.29) is 23.3 Å². The second kappa shape index (κ2) is 19.8. The lowest BCUT2D eigenvalue weighted by molar-refractivity contribution is -0.131. The average Bonchev–Trinajstić information content (AvgIpc) is 3.75. The topological polar surface area (TPSA) is 132 Å². The molecule has 1 fully saturated rings. The average molecular weight is 941 g/mol. The quantitative estimate of drug-likeness (QED) is 0.0837. The number of amides is 2. The summed E-state index contributed by atoms with van der Waals surface area (Å²) < 4.78 is 27.7. The van der Waals surface area contributed by atoms with Crippen LogP contribution in [0.15, 0.2) is 72.8 Å². The van der Waals surface area contributed by atoms with Crippen molar-refractivity contribution in [1.82, 2.24) is 18.9 Å². The molecule has 0 radical (unpaired) electrons. The molecular formula is C54H68N6O7Si. The number of esters is 1. The van der Waals surface area contributed by atoms with Crippen LogP contribution >= 0.6 is 0 Å². The van der Waals surface area contributed by atoms with Crippen molar-refractivity contribution in [3.8, 4) is 28.8 Å². The van der Waals surface area contributed by atoms with Gasteiger partial charge in [-0.1, -0.05) is 32.9 Å². The Kier molecular flexibility index (Phi) is 14.5. The maximum atomic E-state index is 15.2. The normalized spacial score (nSPS) is 14.5. The fourth-order valence-corrected chi connectivity index (χ4v) is 9.46. The van der Waals surface area contributed by atoms with Crippen LogP contribution in [0.25, 0.3) is 11.3 Å². The van der Waals surface area contributed by atoms with Crippen molar-refractivity contribution >= 4 is 37.5 Å². The van der Waals surface area contributed by atoms with Gasteiger partial charge in [-0.25, -0.2) is 4.79 Å². The van der Waals surface area contributed by atoms with Crippen LogP contribution in [0.1, 0.15) is 96.0 Å². The van der Waals surface area contributed by atoms with Gasteiger partial charge in [-0.3, -0.25) is 19.4 Å². The summed E-state index contributed by atoms with van der Waals surface area (Å²) in [5.41, 5.74) is 7.17. The summed E-state index contributed by atoms with van der Waals surface area (Å²) in [7, 11) is 1.57. The minimum Gasteiger partial charge on any atom is -0.544 e. The largest absolute Gasteiger partial charge is 0.544 e. The first-order valence-corrected chi connectivity index (χ1v) is 26.5. The van der Waals surface area contributed by atoms with Crippen LogP contribution in [0, 0.1) is 25.2 Å². The van der Waals surface area contributed by atoms with Crippen molar-refractivity contribution in [2.75, 3.05) is 50.9 Å². The third-order valence-corrected chi connectivity index (χ3v) is 18.1. The molecule has 0 bridgehead atoms. The molecule has 0 aliphatic carbocycles. The SMILES string of the molecule is Cc1c(N(C(=O)c2cc(-c3cc4c(cc3C(=O)OC(C)(C)C)CN(C(=O)Cc3ccc(OCCN5CCOCC5)cc3)CC4)n(C)c2C)c2ccc(O[Si](C)(C)C(C)(C)C)cc2)cc(C#N)n1C. The molecule has 0 saturated carbocycles. The number of ether oxygens (including phenoxy) is 3. The number of aromatic nitrogens is 2. The first kappa shape index (κ1) is 49.8. The Morgan fingerprint density at radius 1 is 0.809 bits per heavy atom. The van der Waals surface area contributed by atoms with Crippen LogP contribution < -0.4 is 14.1 Å².